The molecule has 0 aliphatic carbocycles. The van der Waals surface area contributed by atoms with Gasteiger partial charge in [0, 0.05) is 6.54 Å². The van der Waals surface area contributed by atoms with Crippen LogP contribution in [0.2, 0.25) is 0 Å². The van der Waals surface area contributed by atoms with Gasteiger partial charge in [-0.2, -0.15) is 0 Å². The monoisotopic (exact) mass is 247 g/mol. The zero-order valence-corrected chi connectivity index (χ0v) is 11.6. The Morgan fingerprint density at radius 1 is 1.38 bits per heavy atom. The van der Waals surface area contributed by atoms with Gasteiger partial charge in [-0.1, -0.05) is 27.2 Å². The summed E-state index contributed by atoms with van der Waals surface area (Å²) >= 11 is 0. The van der Waals surface area contributed by atoms with Crippen LogP contribution in [0.4, 0.5) is 0 Å². The molecular formula is C12H25NO2S. The molecule has 3 nitrogen and oxygen atoms in total. The highest BCUT2D eigenvalue weighted by Gasteiger charge is 2.40. The molecule has 0 bridgehead atoms. The zero-order chi connectivity index (χ0) is 12.2. The van der Waals surface area contributed by atoms with Crippen LogP contribution >= 0.6 is 0 Å². The smallest absolute Gasteiger partial charge is 0.150 e. The molecule has 96 valence electrons. The van der Waals surface area contributed by atoms with Crippen molar-refractivity contribution in [3.05, 3.63) is 0 Å². The van der Waals surface area contributed by atoms with Gasteiger partial charge in [-0.05, 0) is 30.7 Å². The average Bonchev–Trinajstić information content (AvgIpc) is 2.42. The van der Waals surface area contributed by atoms with E-state index in [9.17, 15) is 8.42 Å². The predicted molar refractivity (Wildman–Crippen MR) is 68.3 cm³/mol. The van der Waals surface area contributed by atoms with Gasteiger partial charge in [0.25, 0.3) is 0 Å². The molecular weight excluding hydrogens is 222 g/mol. The average molecular weight is 247 g/mol. The van der Waals surface area contributed by atoms with Crippen LogP contribution in [0.5, 0.6) is 0 Å². The molecule has 1 aliphatic rings. The Morgan fingerprint density at radius 3 is 2.50 bits per heavy atom. The fraction of sp³-hybridized carbons (Fsp3) is 1.00. The Balaban J connectivity index is 2.54. The highest BCUT2D eigenvalue weighted by molar-refractivity contribution is 7.91. The van der Waals surface area contributed by atoms with Crippen molar-refractivity contribution in [1.82, 2.24) is 5.32 Å². The van der Waals surface area contributed by atoms with Gasteiger partial charge < -0.3 is 5.32 Å². The first-order valence-corrected chi connectivity index (χ1v) is 8.12. The summed E-state index contributed by atoms with van der Waals surface area (Å²) < 4.78 is 23.2. The van der Waals surface area contributed by atoms with Crippen molar-refractivity contribution in [1.29, 1.82) is 0 Å². The van der Waals surface area contributed by atoms with Gasteiger partial charge >= 0.3 is 0 Å². The van der Waals surface area contributed by atoms with E-state index in [1.807, 2.05) is 0 Å². The Bertz CT molecular complexity index is 311. The first-order chi connectivity index (χ1) is 7.39. The van der Waals surface area contributed by atoms with E-state index in [1.165, 1.54) is 0 Å². The third-order valence-electron chi connectivity index (χ3n) is 3.30. The van der Waals surface area contributed by atoms with Crippen LogP contribution in [0, 0.1) is 11.3 Å². The van der Waals surface area contributed by atoms with E-state index < -0.39 is 9.84 Å². The lowest BCUT2D eigenvalue weighted by molar-refractivity contribution is 0.282. The van der Waals surface area contributed by atoms with Gasteiger partial charge in [0.15, 0.2) is 9.84 Å². The molecule has 0 aromatic heterocycles. The van der Waals surface area contributed by atoms with Gasteiger partial charge in [-0.15, -0.1) is 0 Å². The summed E-state index contributed by atoms with van der Waals surface area (Å²) in [5.41, 5.74) is 0.0163. The summed E-state index contributed by atoms with van der Waals surface area (Å²) in [5.74, 6) is 1.40. The van der Waals surface area contributed by atoms with Crippen LogP contribution in [-0.4, -0.2) is 33.0 Å². The van der Waals surface area contributed by atoms with Crippen molar-refractivity contribution in [3.8, 4) is 0 Å². The Kier molecular flexibility index (Phi) is 4.80. The summed E-state index contributed by atoms with van der Waals surface area (Å²) in [5, 5.41) is 3.43. The normalized spacial score (nSPS) is 28.8. The van der Waals surface area contributed by atoms with Crippen LogP contribution in [0.15, 0.2) is 0 Å². The lowest BCUT2D eigenvalue weighted by atomic mass is 9.83. The molecule has 0 spiro atoms. The van der Waals surface area contributed by atoms with Crippen LogP contribution in [0.3, 0.4) is 0 Å². The maximum Gasteiger partial charge on any atom is 0.150 e. The first-order valence-electron chi connectivity index (χ1n) is 6.30. The third kappa shape index (κ3) is 4.06. The third-order valence-corrected chi connectivity index (χ3v) is 5.18. The Labute approximate surface area is 99.9 Å². The maximum atomic E-state index is 11.6. The van der Waals surface area contributed by atoms with E-state index in [0.717, 1.165) is 32.4 Å². The number of rotatable bonds is 6. The number of nitrogens with one attached hydrogen (secondary N) is 1. The van der Waals surface area contributed by atoms with Crippen molar-refractivity contribution < 1.29 is 8.42 Å². The minimum atomic E-state index is -2.77. The van der Waals surface area contributed by atoms with Crippen molar-refractivity contribution in [2.24, 2.45) is 11.3 Å². The molecule has 1 rings (SSSR count). The van der Waals surface area contributed by atoms with E-state index >= 15 is 0 Å². The number of hydrogen-bond donors (Lipinski definition) is 1. The van der Waals surface area contributed by atoms with E-state index in [1.54, 1.807) is 0 Å². The first kappa shape index (κ1) is 14.0. The lowest BCUT2D eigenvalue weighted by Gasteiger charge is -2.28. The van der Waals surface area contributed by atoms with Crippen LogP contribution in [-0.2, 0) is 9.84 Å². The largest absolute Gasteiger partial charge is 0.316 e. The molecule has 16 heavy (non-hydrogen) atoms. The van der Waals surface area contributed by atoms with E-state index in [-0.39, 0.29) is 5.41 Å². The highest BCUT2D eigenvalue weighted by Crippen LogP contribution is 2.36. The minimum Gasteiger partial charge on any atom is -0.316 e. The van der Waals surface area contributed by atoms with Crippen molar-refractivity contribution in [2.75, 3.05) is 24.6 Å². The van der Waals surface area contributed by atoms with Crippen molar-refractivity contribution >= 4 is 9.84 Å². The van der Waals surface area contributed by atoms with Gasteiger partial charge in [0.2, 0.25) is 0 Å². The van der Waals surface area contributed by atoms with Gasteiger partial charge in [0.1, 0.15) is 0 Å². The molecule has 0 saturated carbocycles. The lowest BCUT2D eigenvalue weighted by Crippen LogP contribution is -2.37. The minimum absolute atomic E-state index is 0.0163. The summed E-state index contributed by atoms with van der Waals surface area (Å²) in [6, 6.07) is 0. The molecule has 0 amide bonds. The summed E-state index contributed by atoms with van der Waals surface area (Å²) in [4.78, 5) is 0. The molecule has 1 heterocycles. The fourth-order valence-electron chi connectivity index (χ4n) is 2.56. The molecule has 1 unspecified atom stereocenters. The maximum absolute atomic E-state index is 11.6. The highest BCUT2D eigenvalue weighted by atomic mass is 32.2. The van der Waals surface area contributed by atoms with Crippen molar-refractivity contribution in [3.63, 3.8) is 0 Å². The Morgan fingerprint density at radius 2 is 2.06 bits per heavy atom. The molecule has 1 saturated heterocycles. The summed E-state index contributed by atoms with van der Waals surface area (Å²) in [6.07, 6.45) is 2.93. The van der Waals surface area contributed by atoms with Crippen LogP contribution in [0.1, 0.15) is 40.0 Å². The summed E-state index contributed by atoms with van der Waals surface area (Å²) in [6.45, 7) is 8.31. The molecule has 1 atom stereocenters. The fourth-order valence-corrected chi connectivity index (χ4v) is 4.78. The van der Waals surface area contributed by atoms with Gasteiger partial charge in [0.05, 0.1) is 11.5 Å². The second-order valence-electron chi connectivity index (χ2n) is 5.62. The standard InChI is InChI=1S/C12H25NO2S/c1-4-5-12(9-13-8-11(2)3)6-7-16(14,15)10-12/h11,13H,4-10H2,1-3H3. The molecule has 1 fully saturated rings. The van der Waals surface area contributed by atoms with E-state index in [0.29, 0.717) is 17.4 Å². The van der Waals surface area contributed by atoms with E-state index in [4.69, 9.17) is 0 Å². The van der Waals surface area contributed by atoms with Crippen LogP contribution < -0.4 is 5.32 Å². The molecule has 1 N–H and O–H groups in total. The molecule has 0 aromatic rings. The van der Waals surface area contributed by atoms with Gasteiger partial charge in [-0.25, -0.2) is 8.42 Å². The second-order valence-corrected chi connectivity index (χ2v) is 7.80. The number of hydrogen-bond acceptors (Lipinski definition) is 3. The summed E-state index contributed by atoms with van der Waals surface area (Å²) in [7, 11) is -2.77. The quantitative estimate of drug-likeness (QED) is 0.779. The SMILES string of the molecule is CCCC1(CNCC(C)C)CCS(=O)(=O)C1. The molecule has 0 radical (unpaired) electrons. The Hall–Kier alpha value is -0.0900. The van der Waals surface area contributed by atoms with E-state index in [2.05, 4.69) is 26.1 Å². The van der Waals surface area contributed by atoms with Crippen molar-refractivity contribution in [2.45, 2.75) is 40.0 Å². The van der Waals surface area contributed by atoms with Crippen LogP contribution in [0.25, 0.3) is 0 Å². The number of sulfone groups is 1. The van der Waals surface area contributed by atoms with Gasteiger partial charge in [-0.3, -0.25) is 0 Å². The molecule has 0 aromatic carbocycles. The zero-order valence-electron chi connectivity index (χ0n) is 10.8. The predicted octanol–water partition coefficient (Wildman–Crippen LogP) is 1.84. The molecule has 4 heteroatoms. The molecule has 1 aliphatic heterocycles. The second kappa shape index (κ2) is 5.50. The topological polar surface area (TPSA) is 46.2 Å².